The van der Waals surface area contributed by atoms with Gasteiger partial charge in [-0.1, -0.05) is 6.07 Å². The monoisotopic (exact) mass is 226 g/mol. The van der Waals surface area contributed by atoms with Crippen LogP contribution in [-0.2, 0) is 0 Å². The molecule has 0 aromatic carbocycles. The molecule has 0 atom stereocenters. The van der Waals surface area contributed by atoms with Crippen molar-refractivity contribution in [1.82, 2.24) is 4.98 Å². The molecule has 9 nitrogen and oxygen atoms in total. The highest BCUT2D eigenvalue weighted by molar-refractivity contribution is 5.79. The molecule has 0 bridgehead atoms. The standard InChI is InChI=1S/C7H9N5.HNO3/c8-7(9)12-11-5-6-3-1-2-4-10-6;2-1(3)4/h1-5H,(H4,8,9,12);(H,2,3,4)/b11-5+;. The van der Waals surface area contributed by atoms with Crippen molar-refractivity contribution in [2.45, 2.75) is 0 Å². The molecule has 0 saturated heterocycles. The second-order valence-electron chi connectivity index (χ2n) is 2.26. The van der Waals surface area contributed by atoms with Gasteiger partial charge in [0.2, 0.25) is 5.96 Å². The van der Waals surface area contributed by atoms with Crippen molar-refractivity contribution in [1.29, 1.82) is 0 Å². The number of hydrogen-bond acceptors (Lipinski definition) is 5. The number of aromatic nitrogens is 1. The largest absolute Gasteiger partial charge is 0.369 e. The smallest absolute Gasteiger partial charge is 0.291 e. The van der Waals surface area contributed by atoms with E-state index in [0.29, 0.717) is 5.69 Å². The van der Waals surface area contributed by atoms with Crippen molar-refractivity contribution >= 4 is 12.2 Å². The van der Waals surface area contributed by atoms with Crippen LogP contribution in [0.25, 0.3) is 0 Å². The van der Waals surface area contributed by atoms with Gasteiger partial charge in [-0.05, 0) is 12.1 Å². The fourth-order valence-electron chi connectivity index (χ4n) is 0.607. The molecule has 1 aromatic rings. The summed E-state index contributed by atoms with van der Waals surface area (Å²) in [5, 5.41) is 20.7. The van der Waals surface area contributed by atoms with E-state index >= 15 is 0 Å². The molecule has 16 heavy (non-hydrogen) atoms. The zero-order chi connectivity index (χ0) is 12.4. The first-order valence-electron chi connectivity index (χ1n) is 3.88. The summed E-state index contributed by atoms with van der Waals surface area (Å²) in [6.45, 7) is 0. The molecule has 0 aliphatic heterocycles. The summed E-state index contributed by atoms with van der Waals surface area (Å²) in [6, 6.07) is 5.47. The average Bonchev–Trinajstić information content (AvgIpc) is 2.18. The minimum absolute atomic E-state index is 0.0674. The van der Waals surface area contributed by atoms with Gasteiger partial charge >= 0.3 is 0 Å². The van der Waals surface area contributed by atoms with Crippen LogP contribution in [0.15, 0.2) is 34.6 Å². The van der Waals surface area contributed by atoms with Gasteiger partial charge in [0.25, 0.3) is 5.09 Å². The molecule has 0 amide bonds. The average molecular weight is 226 g/mol. The van der Waals surface area contributed by atoms with Gasteiger partial charge in [-0.2, -0.15) is 5.10 Å². The maximum Gasteiger partial charge on any atom is 0.291 e. The zero-order valence-corrected chi connectivity index (χ0v) is 8.09. The molecule has 1 rings (SSSR count). The van der Waals surface area contributed by atoms with Gasteiger partial charge in [-0.25, -0.2) is 0 Å². The molecule has 0 fully saturated rings. The normalized spacial score (nSPS) is 9.00. The molecule has 0 aliphatic rings. The lowest BCUT2D eigenvalue weighted by atomic mass is 10.4. The summed E-state index contributed by atoms with van der Waals surface area (Å²) < 4.78 is 0. The van der Waals surface area contributed by atoms with Crippen molar-refractivity contribution in [2.24, 2.45) is 21.7 Å². The Kier molecular flexibility index (Phi) is 6.37. The van der Waals surface area contributed by atoms with Crippen LogP contribution in [-0.4, -0.2) is 27.5 Å². The summed E-state index contributed by atoms with van der Waals surface area (Å²) in [5.41, 5.74) is 10.8. The highest BCUT2D eigenvalue weighted by Crippen LogP contribution is 1.87. The van der Waals surface area contributed by atoms with Gasteiger partial charge in [-0.3, -0.25) is 4.98 Å². The lowest BCUT2D eigenvalue weighted by Gasteiger charge is -1.87. The van der Waals surface area contributed by atoms with Crippen LogP contribution < -0.4 is 11.5 Å². The van der Waals surface area contributed by atoms with Crippen LogP contribution in [0, 0.1) is 10.1 Å². The minimum atomic E-state index is -1.50. The third-order valence-electron chi connectivity index (χ3n) is 1.05. The lowest BCUT2D eigenvalue weighted by Crippen LogP contribution is -2.21. The molecule has 86 valence electrons. The zero-order valence-electron chi connectivity index (χ0n) is 8.09. The van der Waals surface area contributed by atoms with Crippen molar-refractivity contribution in [3.63, 3.8) is 0 Å². The Morgan fingerprint density at radius 1 is 1.56 bits per heavy atom. The molecule has 0 saturated carbocycles. The molecule has 9 heteroatoms. The fraction of sp³-hybridized carbons (Fsp3) is 0. The van der Waals surface area contributed by atoms with E-state index in [-0.39, 0.29) is 5.96 Å². The summed E-state index contributed by atoms with van der Waals surface area (Å²) >= 11 is 0. The molecular formula is C7H10N6O3. The van der Waals surface area contributed by atoms with Crippen molar-refractivity contribution in [3.8, 4) is 0 Å². The molecule has 0 unspecified atom stereocenters. The fourth-order valence-corrected chi connectivity index (χ4v) is 0.607. The van der Waals surface area contributed by atoms with E-state index in [1.165, 1.54) is 6.21 Å². The third kappa shape index (κ3) is 9.38. The van der Waals surface area contributed by atoms with Crippen molar-refractivity contribution in [2.75, 3.05) is 0 Å². The lowest BCUT2D eigenvalue weighted by molar-refractivity contribution is -0.742. The molecule has 0 radical (unpaired) electrons. The number of nitrogens with two attached hydrogens (primary N) is 2. The quantitative estimate of drug-likeness (QED) is 0.263. The first-order valence-corrected chi connectivity index (χ1v) is 3.88. The second-order valence-corrected chi connectivity index (χ2v) is 2.26. The van der Waals surface area contributed by atoms with E-state index in [4.69, 9.17) is 26.8 Å². The molecule has 5 N–H and O–H groups in total. The number of nitrogens with zero attached hydrogens (tertiary/aromatic N) is 4. The van der Waals surface area contributed by atoms with Crippen molar-refractivity contribution < 1.29 is 10.3 Å². The van der Waals surface area contributed by atoms with E-state index in [0.717, 1.165) is 0 Å². The number of hydrogen-bond donors (Lipinski definition) is 3. The van der Waals surface area contributed by atoms with Gasteiger partial charge in [0.15, 0.2) is 0 Å². The summed E-state index contributed by atoms with van der Waals surface area (Å²) in [4.78, 5) is 12.3. The molecule has 1 heterocycles. The number of pyridine rings is 1. The van der Waals surface area contributed by atoms with Gasteiger partial charge in [0, 0.05) is 6.20 Å². The predicted molar refractivity (Wildman–Crippen MR) is 56.4 cm³/mol. The number of rotatable bonds is 2. The maximum absolute atomic E-state index is 8.36. The number of guanidine groups is 1. The Morgan fingerprint density at radius 2 is 2.19 bits per heavy atom. The van der Waals surface area contributed by atoms with E-state index in [1.807, 2.05) is 12.1 Å². The maximum atomic E-state index is 8.36. The predicted octanol–water partition coefficient (Wildman–Crippen LogP) is -0.659. The summed E-state index contributed by atoms with van der Waals surface area (Å²) in [6.07, 6.45) is 3.14. The van der Waals surface area contributed by atoms with Crippen molar-refractivity contribution in [3.05, 3.63) is 40.2 Å². The van der Waals surface area contributed by atoms with Crippen LogP contribution in [0.2, 0.25) is 0 Å². The Morgan fingerprint density at radius 3 is 2.62 bits per heavy atom. The highest BCUT2D eigenvalue weighted by atomic mass is 16.9. The first-order chi connectivity index (χ1) is 7.52. The molecular weight excluding hydrogens is 216 g/mol. The molecule has 1 aromatic heterocycles. The van der Waals surface area contributed by atoms with E-state index in [2.05, 4.69) is 15.2 Å². The topological polar surface area (TPSA) is 153 Å². The Balaban J connectivity index is 0.000000487. The molecule has 0 aliphatic carbocycles. The van der Waals surface area contributed by atoms with E-state index in [1.54, 1.807) is 12.3 Å². The minimum Gasteiger partial charge on any atom is -0.369 e. The Bertz CT molecular complexity index is 369. The second kappa shape index (κ2) is 7.67. The Labute approximate surface area is 90.2 Å². The Hall–Kier alpha value is -2.71. The summed E-state index contributed by atoms with van der Waals surface area (Å²) in [5.74, 6) is -0.0674. The van der Waals surface area contributed by atoms with Crippen LogP contribution >= 0.6 is 0 Å². The van der Waals surface area contributed by atoms with Crippen LogP contribution in [0.5, 0.6) is 0 Å². The van der Waals surface area contributed by atoms with Crippen LogP contribution in [0.4, 0.5) is 0 Å². The third-order valence-corrected chi connectivity index (χ3v) is 1.05. The van der Waals surface area contributed by atoms with E-state index in [9.17, 15) is 0 Å². The first kappa shape index (κ1) is 13.3. The van der Waals surface area contributed by atoms with Crippen LogP contribution in [0.3, 0.4) is 0 Å². The summed E-state index contributed by atoms with van der Waals surface area (Å²) in [7, 11) is 0. The van der Waals surface area contributed by atoms with Gasteiger partial charge < -0.3 is 16.7 Å². The van der Waals surface area contributed by atoms with E-state index < -0.39 is 5.09 Å². The van der Waals surface area contributed by atoms with Gasteiger partial charge in [-0.15, -0.1) is 15.2 Å². The van der Waals surface area contributed by atoms with Gasteiger partial charge in [0.1, 0.15) is 0 Å². The highest BCUT2D eigenvalue weighted by Gasteiger charge is 1.83. The molecule has 0 spiro atoms. The SMILES string of the molecule is NC(N)=N/N=C/c1ccccn1.O=[N+]([O-])O. The van der Waals surface area contributed by atoms with Gasteiger partial charge in [0.05, 0.1) is 11.9 Å². The van der Waals surface area contributed by atoms with Crippen LogP contribution in [0.1, 0.15) is 5.69 Å².